The first-order valence-electron chi connectivity index (χ1n) is 7.42. The minimum atomic E-state index is 0.678. The predicted octanol–water partition coefficient (Wildman–Crippen LogP) is 4.80. The number of halogens is 1. The van der Waals surface area contributed by atoms with Crippen molar-refractivity contribution >= 4 is 22.6 Å². The molecule has 23 heavy (non-hydrogen) atoms. The molecule has 0 unspecified atom stereocenters. The summed E-state index contributed by atoms with van der Waals surface area (Å²) in [5, 5.41) is 0.769. The van der Waals surface area contributed by atoms with Crippen LogP contribution in [0.4, 0.5) is 0 Å². The fourth-order valence-electron chi connectivity index (χ4n) is 2.75. The second-order valence-corrected chi connectivity index (χ2v) is 5.74. The van der Waals surface area contributed by atoms with Gasteiger partial charge < -0.3 is 4.57 Å². The molecule has 0 spiro atoms. The maximum absolute atomic E-state index is 6.35. The number of hydrogen-bond donors (Lipinski definition) is 0. The number of hydrogen-bond acceptors (Lipinski definition) is 2. The van der Waals surface area contributed by atoms with Gasteiger partial charge in [-0.2, -0.15) is 0 Å². The number of fused-ring (bicyclic) bond motifs is 1. The molecule has 0 aliphatic heterocycles. The van der Waals surface area contributed by atoms with Crippen molar-refractivity contribution in [2.24, 2.45) is 0 Å². The third-order valence-corrected chi connectivity index (χ3v) is 4.25. The lowest BCUT2D eigenvalue weighted by molar-refractivity contribution is 0.834. The molecule has 4 heteroatoms. The Labute approximate surface area is 139 Å². The van der Waals surface area contributed by atoms with Crippen LogP contribution in [-0.4, -0.2) is 14.5 Å². The zero-order valence-corrected chi connectivity index (χ0v) is 13.1. The Morgan fingerprint density at radius 1 is 0.870 bits per heavy atom. The molecule has 0 radical (unpaired) electrons. The number of imidazole rings is 1. The van der Waals surface area contributed by atoms with Crippen LogP contribution in [0.1, 0.15) is 5.56 Å². The maximum Gasteiger partial charge on any atom is 0.141 e. The third-order valence-electron chi connectivity index (χ3n) is 3.88. The summed E-state index contributed by atoms with van der Waals surface area (Å²) in [4.78, 5) is 8.90. The fourth-order valence-corrected chi connectivity index (χ4v) is 2.95. The second-order valence-electron chi connectivity index (χ2n) is 5.34. The Kier molecular flexibility index (Phi) is 3.56. The lowest BCUT2D eigenvalue weighted by atomic mass is 10.2. The number of aromatic nitrogens is 3. The Bertz CT molecular complexity index is 961. The van der Waals surface area contributed by atoms with E-state index < -0.39 is 0 Å². The molecule has 4 aromatic rings. The number of benzene rings is 2. The van der Waals surface area contributed by atoms with E-state index in [1.54, 1.807) is 12.4 Å². The van der Waals surface area contributed by atoms with Crippen molar-refractivity contribution in [1.82, 2.24) is 14.5 Å². The number of para-hydroxylation sites is 2. The van der Waals surface area contributed by atoms with E-state index in [1.807, 2.05) is 54.6 Å². The smallest absolute Gasteiger partial charge is 0.141 e. The molecule has 0 saturated heterocycles. The van der Waals surface area contributed by atoms with E-state index in [2.05, 4.69) is 15.6 Å². The van der Waals surface area contributed by atoms with Gasteiger partial charge in [-0.05, 0) is 35.9 Å². The van der Waals surface area contributed by atoms with Crippen LogP contribution in [0.3, 0.4) is 0 Å². The summed E-state index contributed by atoms with van der Waals surface area (Å²) < 4.78 is 2.20. The average molecular weight is 320 g/mol. The van der Waals surface area contributed by atoms with Gasteiger partial charge in [0.25, 0.3) is 0 Å². The highest BCUT2D eigenvalue weighted by molar-refractivity contribution is 6.31. The van der Waals surface area contributed by atoms with Crippen molar-refractivity contribution in [3.05, 3.63) is 83.6 Å². The first-order chi connectivity index (χ1) is 11.3. The highest BCUT2D eigenvalue weighted by Crippen LogP contribution is 2.27. The van der Waals surface area contributed by atoms with Crippen molar-refractivity contribution in [2.45, 2.75) is 6.54 Å². The van der Waals surface area contributed by atoms with Gasteiger partial charge in [0.1, 0.15) is 5.82 Å². The van der Waals surface area contributed by atoms with Crippen LogP contribution in [0.15, 0.2) is 73.1 Å². The number of pyridine rings is 1. The minimum Gasteiger partial charge on any atom is -0.319 e. The molecule has 2 aromatic carbocycles. The van der Waals surface area contributed by atoms with Gasteiger partial charge in [-0.1, -0.05) is 41.9 Å². The topological polar surface area (TPSA) is 30.7 Å². The van der Waals surface area contributed by atoms with Gasteiger partial charge >= 0.3 is 0 Å². The maximum atomic E-state index is 6.35. The van der Waals surface area contributed by atoms with E-state index in [-0.39, 0.29) is 0 Å². The van der Waals surface area contributed by atoms with Crippen LogP contribution in [0.25, 0.3) is 22.4 Å². The standard InChI is InChI=1S/C19H14ClN3/c20-16-6-2-1-5-15(16)13-23-18-8-4-3-7-17(18)22-19(23)14-9-11-21-12-10-14/h1-12H,13H2. The van der Waals surface area contributed by atoms with Gasteiger partial charge in [0, 0.05) is 23.0 Å². The molecule has 0 fully saturated rings. The third kappa shape index (κ3) is 2.60. The molecule has 0 amide bonds. The van der Waals surface area contributed by atoms with Crippen LogP contribution in [-0.2, 0) is 6.54 Å². The average Bonchev–Trinajstić information content (AvgIpc) is 2.96. The van der Waals surface area contributed by atoms with Crippen LogP contribution in [0.5, 0.6) is 0 Å². The lowest BCUT2D eigenvalue weighted by Gasteiger charge is -2.10. The van der Waals surface area contributed by atoms with E-state index in [0.29, 0.717) is 6.54 Å². The zero-order chi connectivity index (χ0) is 15.6. The normalized spacial score (nSPS) is 11.0. The Balaban J connectivity index is 1.92. The molecular formula is C19H14ClN3. The summed E-state index contributed by atoms with van der Waals surface area (Å²) in [6.07, 6.45) is 3.57. The van der Waals surface area contributed by atoms with Gasteiger partial charge in [0.05, 0.1) is 17.6 Å². The van der Waals surface area contributed by atoms with Gasteiger partial charge in [-0.25, -0.2) is 4.98 Å². The van der Waals surface area contributed by atoms with Crippen LogP contribution >= 0.6 is 11.6 Å². The van der Waals surface area contributed by atoms with Crippen molar-refractivity contribution in [1.29, 1.82) is 0 Å². The molecule has 0 bridgehead atoms. The van der Waals surface area contributed by atoms with Gasteiger partial charge in [0.15, 0.2) is 0 Å². The van der Waals surface area contributed by atoms with Crippen LogP contribution < -0.4 is 0 Å². The molecule has 0 N–H and O–H groups in total. The quantitative estimate of drug-likeness (QED) is 0.543. The molecule has 0 saturated carbocycles. The van der Waals surface area contributed by atoms with E-state index >= 15 is 0 Å². The summed E-state index contributed by atoms with van der Waals surface area (Å²) in [7, 11) is 0. The van der Waals surface area contributed by atoms with Gasteiger partial charge in [0.2, 0.25) is 0 Å². The number of nitrogens with zero attached hydrogens (tertiary/aromatic N) is 3. The number of rotatable bonds is 3. The largest absolute Gasteiger partial charge is 0.319 e. The Morgan fingerprint density at radius 2 is 1.61 bits per heavy atom. The monoisotopic (exact) mass is 319 g/mol. The minimum absolute atomic E-state index is 0.678. The van der Waals surface area contributed by atoms with Gasteiger partial charge in [-0.15, -0.1) is 0 Å². The molecule has 112 valence electrons. The molecule has 0 aliphatic carbocycles. The Morgan fingerprint density at radius 3 is 2.43 bits per heavy atom. The summed E-state index contributed by atoms with van der Waals surface area (Å²) in [5.74, 6) is 0.925. The first-order valence-corrected chi connectivity index (χ1v) is 7.80. The highest BCUT2D eigenvalue weighted by atomic mass is 35.5. The van der Waals surface area contributed by atoms with E-state index in [0.717, 1.165) is 33.0 Å². The van der Waals surface area contributed by atoms with E-state index in [4.69, 9.17) is 16.6 Å². The SMILES string of the molecule is Clc1ccccc1Cn1c(-c2ccncc2)nc2ccccc21. The van der Waals surface area contributed by atoms with Crippen molar-refractivity contribution in [3.8, 4) is 11.4 Å². The molecule has 2 heterocycles. The van der Waals surface area contributed by atoms with E-state index in [9.17, 15) is 0 Å². The summed E-state index contributed by atoms with van der Waals surface area (Å²) in [6, 6.07) is 20.0. The first kappa shape index (κ1) is 14.0. The second kappa shape index (κ2) is 5.86. The molecule has 0 atom stereocenters. The highest BCUT2D eigenvalue weighted by Gasteiger charge is 2.13. The van der Waals surface area contributed by atoms with E-state index in [1.165, 1.54) is 0 Å². The molecule has 4 rings (SSSR count). The van der Waals surface area contributed by atoms with Crippen LogP contribution in [0, 0.1) is 0 Å². The Hall–Kier alpha value is -2.65. The molecule has 2 aromatic heterocycles. The fraction of sp³-hybridized carbons (Fsp3) is 0.0526. The zero-order valence-electron chi connectivity index (χ0n) is 12.4. The molecule has 3 nitrogen and oxygen atoms in total. The van der Waals surface area contributed by atoms with Gasteiger partial charge in [-0.3, -0.25) is 4.98 Å². The molecular weight excluding hydrogens is 306 g/mol. The van der Waals surface area contributed by atoms with Crippen LogP contribution in [0.2, 0.25) is 5.02 Å². The van der Waals surface area contributed by atoms with Crippen molar-refractivity contribution in [2.75, 3.05) is 0 Å². The van der Waals surface area contributed by atoms with Crippen molar-refractivity contribution < 1.29 is 0 Å². The summed E-state index contributed by atoms with van der Waals surface area (Å²) in [6.45, 7) is 0.678. The predicted molar refractivity (Wildman–Crippen MR) is 93.5 cm³/mol. The summed E-state index contributed by atoms with van der Waals surface area (Å²) in [5.41, 5.74) is 4.20. The lowest BCUT2D eigenvalue weighted by Crippen LogP contribution is -2.02. The summed E-state index contributed by atoms with van der Waals surface area (Å²) >= 11 is 6.35. The van der Waals surface area contributed by atoms with Crippen molar-refractivity contribution in [3.63, 3.8) is 0 Å². The molecule has 0 aliphatic rings.